The number of pyridine rings is 1. The first kappa shape index (κ1) is 14.3. The Hall–Kier alpha value is -2.14. The van der Waals surface area contributed by atoms with Gasteiger partial charge in [-0.1, -0.05) is 11.6 Å². The zero-order valence-corrected chi connectivity index (χ0v) is 11.7. The molecule has 0 saturated heterocycles. The molecule has 0 aliphatic heterocycles. The number of halogens is 2. The van der Waals surface area contributed by atoms with Crippen molar-refractivity contribution in [3.63, 3.8) is 0 Å². The van der Waals surface area contributed by atoms with Gasteiger partial charge in [0.1, 0.15) is 16.7 Å². The first-order valence-electron chi connectivity index (χ1n) is 5.78. The van der Waals surface area contributed by atoms with E-state index in [1.54, 1.807) is 25.3 Å². The second-order valence-electron chi connectivity index (χ2n) is 4.13. The molecule has 0 radical (unpaired) electrons. The van der Waals surface area contributed by atoms with Crippen LogP contribution in [-0.4, -0.2) is 18.0 Å². The van der Waals surface area contributed by atoms with Gasteiger partial charge < -0.3 is 10.1 Å². The first-order valence-corrected chi connectivity index (χ1v) is 6.16. The molecule has 0 atom stereocenters. The molecule has 20 heavy (non-hydrogen) atoms. The molecule has 0 aliphatic rings. The Morgan fingerprint density at radius 1 is 1.40 bits per heavy atom. The molecule has 2 aromatic rings. The molecule has 0 aliphatic carbocycles. The molecule has 104 valence electrons. The van der Waals surface area contributed by atoms with Crippen LogP contribution in [0.2, 0.25) is 5.15 Å². The van der Waals surface area contributed by atoms with Gasteiger partial charge in [-0.2, -0.15) is 0 Å². The number of carbonyl (C=O) groups excluding carboxylic acids is 1. The smallest absolute Gasteiger partial charge is 0.258 e. The quantitative estimate of drug-likeness (QED) is 0.882. The van der Waals surface area contributed by atoms with E-state index in [1.807, 2.05) is 6.92 Å². The highest BCUT2D eigenvalue weighted by molar-refractivity contribution is 6.33. The zero-order valence-electron chi connectivity index (χ0n) is 10.9. The number of aryl methyl sites for hydroxylation is 1. The summed E-state index contributed by atoms with van der Waals surface area (Å²) in [4.78, 5) is 15.7. The number of methoxy groups -OCH3 is 1. The summed E-state index contributed by atoms with van der Waals surface area (Å²) in [5.41, 5.74) is 1.40. The van der Waals surface area contributed by atoms with E-state index in [1.165, 1.54) is 0 Å². The Bertz CT molecular complexity index is 662. The summed E-state index contributed by atoms with van der Waals surface area (Å²) in [7, 11) is 1.56. The van der Waals surface area contributed by atoms with Gasteiger partial charge in [-0.05, 0) is 36.8 Å². The number of amides is 1. The van der Waals surface area contributed by atoms with Crippen LogP contribution in [0.4, 0.5) is 10.1 Å². The molecule has 0 bridgehead atoms. The number of nitrogens with one attached hydrogen (secondary N) is 1. The number of aromatic nitrogens is 1. The summed E-state index contributed by atoms with van der Waals surface area (Å²) in [5, 5.41) is 2.61. The molecule has 0 spiro atoms. The third-order valence-electron chi connectivity index (χ3n) is 2.73. The predicted molar refractivity (Wildman–Crippen MR) is 74.9 cm³/mol. The summed E-state index contributed by atoms with van der Waals surface area (Å²) in [6.45, 7) is 1.82. The van der Waals surface area contributed by atoms with Crippen molar-refractivity contribution in [3.8, 4) is 5.75 Å². The van der Waals surface area contributed by atoms with Crippen molar-refractivity contribution in [2.75, 3.05) is 12.4 Å². The third kappa shape index (κ3) is 3.05. The Morgan fingerprint density at radius 3 is 2.80 bits per heavy atom. The summed E-state index contributed by atoms with van der Waals surface area (Å²) >= 11 is 5.79. The molecule has 0 saturated carbocycles. The van der Waals surface area contributed by atoms with Crippen molar-refractivity contribution in [3.05, 3.63) is 52.6 Å². The third-order valence-corrected chi connectivity index (χ3v) is 3.03. The van der Waals surface area contributed by atoms with Crippen molar-refractivity contribution in [1.29, 1.82) is 0 Å². The monoisotopic (exact) mass is 294 g/mol. The van der Waals surface area contributed by atoms with Crippen LogP contribution in [-0.2, 0) is 0 Å². The van der Waals surface area contributed by atoms with Gasteiger partial charge >= 0.3 is 0 Å². The average Bonchev–Trinajstić information content (AvgIpc) is 2.43. The van der Waals surface area contributed by atoms with E-state index in [9.17, 15) is 9.18 Å². The maximum absolute atomic E-state index is 13.1. The number of hydrogen-bond acceptors (Lipinski definition) is 3. The van der Waals surface area contributed by atoms with E-state index in [0.29, 0.717) is 11.4 Å². The van der Waals surface area contributed by atoms with Gasteiger partial charge in [0.25, 0.3) is 5.91 Å². The Morgan fingerprint density at radius 2 is 2.15 bits per heavy atom. The maximum atomic E-state index is 13.1. The van der Waals surface area contributed by atoms with E-state index in [-0.39, 0.29) is 10.7 Å². The van der Waals surface area contributed by atoms with Gasteiger partial charge in [-0.3, -0.25) is 4.79 Å². The number of rotatable bonds is 3. The molecule has 1 aromatic heterocycles. The molecule has 2 rings (SSSR count). The highest BCUT2D eigenvalue weighted by atomic mass is 35.5. The van der Waals surface area contributed by atoms with Gasteiger partial charge in [-0.25, -0.2) is 9.37 Å². The molecule has 6 heteroatoms. The zero-order chi connectivity index (χ0) is 14.7. The minimum atomic E-state index is -0.619. The van der Waals surface area contributed by atoms with E-state index >= 15 is 0 Å². The van der Waals surface area contributed by atoms with Gasteiger partial charge in [0.05, 0.1) is 18.9 Å². The summed E-state index contributed by atoms with van der Waals surface area (Å²) < 4.78 is 18.2. The molecule has 1 heterocycles. The summed E-state index contributed by atoms with van der Waals surface area (Å²) in [6.07, 6.45) is 0.956. The normalized spacial score (nSPS) is 10.2. The molecular formula is C14H12ClFN2O2. The van der Waals surface area contributed by atoms with Crippen LogP contribution >= 0.6 is 11.6 Å². The molecule has 1 N–H and O–H groups in total. The van der Waals surface area contributed by atoms with Crippen molar-refractivity contribution in [1.82, 2.24) is 4.98 Å². The summed E-state index contributed by atoms with van der Waals surface area (Å²) in [5.74, 6) is -0.452. The molecular weight excluding hydrogens is 283 g/mol. The lowest BCUT2D eigenvalue weighted by Gasteiger charge is -2.10. The van der Waals surface area contributed by atoms with Crippen molar-refractivity contribution in [2.45, 2.75) is 6.92 Å². The Balaban J connectivity index is 2.25. The van der Waals surface area contributed by atoms with E-state index < -0.39 is 11.7 Å². The van der Waals surface area contributed by atoms with Crippen LogP contribution in [0.1, 0.15) is 15.9 Å². The Kier molecular flexibility index (Phi) is 4.20. The second kappa shape index (κ2) is 5.88. The van der Waals surface area contributed by atoms with Crippen LogP contribution in [0.3, 0.4) is 0 Å². The van der Waals surface area contributed by atoms with Gasteiger partial charge in [0.2, 0.25) is 0 Å². The predicted octanol–water partition coefficient (Wildman–Crippen LogP) is 3.44. The fourth-order valence-electron chi connectivity index (χ4n) is 1.67. The molecule has 1 aromatic carbocycles. The maximum Gasteiger partial charge on any atom is 0.258 e. The number of benzene rings is 1. The lowest BCUT2D eigenvalue weighted by molar-refractivity contribution is 0.102. The Labute approximate surface area is 120 Å². The lowest BCUT2D eigenvalue weighted by Crippen LogP contribution is -2.14. The number of nitrogens with zero attached hydrogens (tertiary/aromatic N) is 1. The number of hydrogen-bond donors (Lipinski definition) is 1. The highest BCUT2D eigenvalue weighted by Crippen LogP contribution is 2.22. The minimum Gasteiger partial charge on any atom is -0.497 e. The first-order chi connectivity index (χ1) is 9.51. The van der Waals surface area contributed by atoms with Gasteiger partial charge in [0, 0.05) is 5.69 Å². The fourth-order valence-corrected chi connectivity index (χ4v) is 1.86. The molecule has 4 nitrogen and oxygen atoms in total. The topological polar surface area (TPSA) is 51.2 Å². The van der Waals surface area contributed by atoms with Gasteiger partial charge in [-0.15, -0.1) is 0 Å². The van der Waals surface area contributed by atoms with Crippen molar-refractivity contribution in [2.24, 2.45) is 0 Å². The highest BCUT2D eigenvalue weighted by Gasteiger charge is 2.14. The van der Waals surface area contributed by atoms with E-state index in [2.05, 4.69) is 10.3 Å². The minimum absolute atomic E-state index is 0.0121. The molecule has 1 amide bonds. The van der Waals surface area contributed by atoms with Crippen LogP contribution in [0.15, 0.2) is 30.5 Å². The lowest BCUT2D eigenvalue weighted by atomic mass is 10.1. The van der Waals surface area contributed by atoms with Crippen molar-refractivity contribution < 1.29 is 13.9 Å². The van der Waals surface area contributed by atoms with Crippen LogP contribution in [0, 0.1) is 12.7 Å². The van der Waals surface area contributed by atoms with Crippen LogP contribution < -0.4 is 10.1 Å². The van der Waals surface area contributed by atoms with Crippen LogP contribution in [0.25, 0.3) is 0 Å². The van der Waals surface area contributed by atoms with Gasteiger partial charge in [0.15, 0.2) is 0 Å². The SMILES string of the molecule is COc1ccc(NC(=O)c2cc(F)cnc2Cl)c(C)c1. The number of anilines is 1. The largest absolute Gasteiger partial charge is 0.497 e. The number of carbonyl (C=O) groups is 1. The second-order valence-corrected chi connectivity index (χ2v) is 4.48. The number of ether oxygens (including phenoxy) is 1. The molecule has 0 fully saturated rings. The van der Waals surface area contributed by atoms with Crippen LogP contribution in [0.5, 0.6) is 5.75 Å². The average molecular weight is 295 g/mol. The van der Waals surface area contributed by atoms with E-state index in [0.717, 1.165) is 17.8 Å². The fraction of sp³-hybridized carbons (Fsp3) is 0.143. The standard InChI is InChI=1S/C14H12ClFN2O2/c1-8-5-10(20-2)3-4-12(8)18-14(19)11-6-9(16)7-17-13(11)15/h3-7H,1-2H3,(H,18,19). The van der Waals surface area contributed by atoms with E-state index in [4.69, 9.17) is 16.3 Å². The molecule has 0 unspecified atom stereocenters. The van der Waals surface area contributed by atoms with Crippen molar-refractivity contribution >= 4 is 23.2 Å². The summed E-state index contributed by atoms with van der Waals surface area (Å²) in [6, 6.07) is 6.24.